The molecule has 0 aliphatic carbocycles. The molecule has 0 aromatic rings. The highest BCUT2D eigenvalue weighted by Crippen LogP contribution is 2.17. The number of rotatable bonds is 2. The van der Waals surface area contributed by atoms with Gasteiger partial charge in [-0.15, -0.1) is 12.8 Å². The number of terminal acetylenes is 1. The first-order valence-corrected chi connectivity index (χ1v) is 4.59. The summed E-state index contributed by atoms with van der Waals surface area (Å²) in [5, 5.41) is 0. The molecule has 2 amide bonds. The molecule has 1 aliphatic heterocycles. The molecule has 0 aromatic carbocycles. The molecule has 2 N–H and O–H groups in total. The molecule has 1 heterocycles. The van der Waals surface area contributed by atoms with Crippen LogP contribution in [0.3, 0.4) is 0 Å². The number of hydrogen-bond acceptors (Lipinski definition) is 2. The summed E-state index contributed by atoms with van der Waals surface area (Å²) < 4.78 is 0. The Morgan fingerprint density at radius 3 is 2.50 bits per heavy atom. The Labute approximate surface area is 84.4 Å². The topological polar surface area (TPSA) is 63.4 Å². The van der Waals surface area contributed by atoms with Crippen LogP contribution in [0.4, 0.5) is 0 Å². The third-order valence-electron chi connectivity index (χ3n) is 2.20. The van der Waals surface area contributed by atoms with Gasteiger partial charge in [0.05, 0.1) is 0 Å². The van der Waals surface area contributed by atoms with Crippen molar-refractivity contribution in [1.29, 1.82) is 0 Å². The van der Waals surface area contributed by atoms with Crippen molar-refractivity contribution in [2.45, 2.75) is 32.2 Å². The Morgan fingerprint density at radius 2 is 2.07 bits per heavy atom. The van der Waals surface area contributed by atoms with Crippen molar-refractivity contribution in [1.82, 2.24) is 4.90 Å². The van der Waals surface area contributed by atoms with Crippen molar-refractivity contribution in [3.8, 4) is 12.8 Å². The van der Waals surface area contributed by atoms with Gasteiger partial charge in [-0.05, 0) is 12.8 Å². The molecule has 0 radical (unpaired) electrons. The highest BCUT2D eigenvalue weighted by Gasteiger charge is 2.31. The first kappa shape index (κ1) is 12.5. The molecule has 0 spiro atoms. The van der Waals surface area contributed by atoms with Crippen LogP contribution in [0.15, 0.2) is 0 Å². The molecular formula is C10H16N2O2. The van der Waals surface area contributed by atoms with Crippen LogP contribution in [0.5, 0.6) is 0 Å². The monoisotopic (exact) mass is 196 g/mol. The zero-order valence-electron chi connectivity index (χ0n) is 8.40. The lowest BCUT2D eigenvalue weighted by Crippen LogP contribution is -2.43. The number of hydrogen-bond donors (Lipinski definition) is 1. The summed E-state index contributed by atoms with van der Waals surface area (Å²) in [6.07, 6.45) is 10.1. The number of amides is 2. The molecule has 1 saturated heterocycles. The Morgan fingerprint density at radius 1 is 1.50 bits per heavy atom. The third kappa shape index (κ3) is 2.77. The summed E-state index contributed by atoms with van der Waals surface area (Å²) >= 11 is 0. The van der Waals surface area contributed by atoms with Gasteiger partial charge in [0.2, 0.25) is 11.8 Å². The summed E-state index contributed by atoms with van der Waals surface area (Å²) in [6, 6.07) is -0.350. The minimum atomic E-state index is -0.380. The van der Waals surface area contributed by atoms with Gasteiger partial charge < -0.3 is 10.6 Å². The second-order valence-electron chi connectivity index (χ2n) is 3.00. The molecule has 4 nitrogen and oxygen atoms in total. The van der Waals surface area contributed by atoms with Crippen molar-refractivity contribution in [2.75, 3.05) is 6.54 Å². The van der Waals surface area contributed by atoms with Crippen LogP contribution in [-0.4, -0.2) is 29.3 Å². The minimum Gasteiger partial charge on any atom is -0.368 e. The van der Waals surface area contributed by atoms with E-state index in [2.05, 4.69) is 12.8 Å². The molecule has 0 bridgehead atoms. The SMILES string of the molecule is C#C.CCC(=O)N1CCC[C@H]1C(N)=O. The van der Waals surface area contributed by atoms with Crippen LogP contribution >= 0.6 is 0 Å². The van der Waals surface area contributed by atoms with Crippen LogP contribution in [-0.2, 0) is 9.59 Å². The maximum absolute atomic E-state index is 11.2. The lowest BCUT2D eigenvalue weighted by atomic mass is 10.2. The second-order valence-corrected chi connectivity index (χ2v) is 3.00. The normalized spacial score (nSPS) is 19.6. The van der Waals surface area contributed by atoms with E-state index >= 15 is 0 Å². The maximum atomic E-state index is 11.2. The zero-order valence-corrected chi connectivity index (χ0v) is 8.40. The van der Waals surface area contributed by atoms with Crippen molar-refractivity contribution in [3.63, 3.8) is 0 Å². The largest absolute Gasteiger partial charge is 0.368 e. The van der Waals surface area contributed by atoms with Crippen molar-refractivity contribution < 1.29 is 9.59 Å². The minimum absolute atomic E-state index is 0.0244. The molecule has 1 atom stereocenters. The third-order valence-corrected chi connectivity index (χ3v) is 2.20. The number of nitrogens with zero attached hydrogens (tertiary/aromatic N) is 1. The van der Waals surface area contributed by atoms with E-state index in [0.717, 1.165) is 12.8 Å². The smallest absolute Gasteiger partial charge is 0.240 e. The molecule has 1 rings (SSSR count). The highest BCUT2D eigenvalue weighted by molar-refractivity contribution is 5.87. The Balaban J connectivity index is 0.000000791. The van der Waals surface area contributed by atoms with Gasteiger partial charge in [0.25, 0.3) is 0 Å². The Hall–Kier alpha value is -1.50. The van der Waals surface area contributed by atoms with E-state index in [9.17, 15) is 9.59 Å². The van der Waals surface area contributed by atoms with Gasteiger partial charge in [0.15, 0.2) is 0 Å². The van der Waals surface area contributed by atoms with Gasteiger partial charge in [0.1, 0.15) is 6.04 Å². The molecule has 78 valence electrons. The van der Waals surface area contributed by atoms with Gasteiger partial charge in [-0.1, -0.05) is 6.92 Å². The fraction of sp³-hybridized carbons (Fsp3) is 0.600. The summed E-state index contributed by atoms with van der Waals surface area (Å²) in [5.74, 6) is -0.356. The van der Waals surface area contributed by atoms with Crippen LogP contribution in [0.1, 0.15) is 26.2 Å². The number of carbonyl (C=O) groups excluding carboxylic acids is 2. The van der Waals surface area contributed by atoms with Crippen LogP contribution in [0.25, 0.3) is 0 Å². The average molecular weight is 196 g/mol. The number of primary amides is 1. The van der Waals surface area contributed by atoms with Gasteiger partial charge in [0, 0.05) is 13.0 Å². The molecule has 4 heteroatoms. The quantitative estimate of drug-likeness (QED) is 0.638. The van der Waals surface area contributed by atoms with Crippen LogP contribution in [0, 0.1) is 12.8 Å². The van der Waals surface area contributed by atoms with Crippen LogP contribution in [0.2, 0.25) is 0 Å². The van der Waals surface area contributed by atoms with E-state index in [1.54, 1.807) is 11.8 Å². The molecule has 1 aliphatic rings. The first-order chi connectivity index (χ1) is 6.66. The van der Waals surface area contributed by atoms with Gasteiger partial charge in [-0.2, -0.15) is 0 Å². The zero-order chi connectivity index (χ0) is 11.1. The molecule has 0 unspecified atom stereocenters. The van der Waals surface area contributed by atoms with Crippen molar-refractivity contribution >= 4 is 11.8 Å². The number of nitrogens with two attached hydrogens (primary N) is 1. The number of carbonyl (C=O) groups is 2. The molecule has 0 saturated carbocycles. The second kappa shape index (κ2) is 6.03. The Bertz CT molecular complexity index is 236. The van der Waals surface area contributed by atoms with E-state index in [1.165, 1.54) is 0 Å². The maximum Gasteiger partial charge on any atom is 0.240 e. The van der Waals surface area contributed by atoms with E-state index in [-0.39, 0.29) is 17.9 Å². The van der Waals surface area contributed by atoms with Crippen molar-refractivity contribution in [2.24, 2.45) is 5.73 Å². The summed E-state index contributed by atoms with van der Waals surface area (Å²) in [6.45, 7) is 2.47. The lowest BCUT2D eigenvalue weighted by Gasteiger charge is -2.21. The predicted molar refractivity (Wildman–Crippen MR) is 54.1 cm³/mol. The van der Waals surface area contributed by atoms with E-state index < -0.39 is 0 Å². The lowest BCUT2D eigenvalue weighted by molar-refractivity contribution is -0.137. The summed E-state index contributed by atoms with van der Waals surface area (Å²) in [7, 11) is 0. The molecular weight excluding hydrogens is 180 g/mol. The first-order valence-electron chi connectivity index (χ1n) is 4.59. The molecule has 0 aromatic heterocycles. The van der Waals surface area contributed by atoms with Crippen molar-refractivity contribution in [3.05, 3.63) is 0 Å². The summed E-state index contributed by atoms with van der Waals surface area (Å²) in [5.41, 5.74) is 5.15. The summed E-state index contributed by atoms with van der Waals surface area (Å²) in [4.78, 5) is 23.7. The van der Waals surface area contributed by atoms with Gasteiger partial charge in [-0.25, -0.2) is 0 Å². The van der Waals surface area contributed by atoms with E-state index in [1.807, 2.05) is 0 Å². The fourth-order valence-corrected chi connectivity index (χ4v) is 1.56. The van der Waals surface area contributed by atoms with E-state index in [0.29, 0.717) is 13.0 Å². The average Bonchev–Trinajstić information content (AvgIpc) is 2.68. The fourth-order valence-electron chi connectivity index (χ4n) is 1.56. The molecule has 14 heavy (non-hydrogen) atoms. The van der Waals surface area contributed by atoms with Gasteiger partial charge >= 0.3 is 0 Å². The molecule has 1 fully saturated rings. The number of likely N-dealkylation sites (tertiary alicyclic amines) is 1. The Kier molecular flexibility index (Phi) is 5.38. The van der Waals surface area contributed by atoms with Gasteiger partial charge in [-0.3, -0.25) is 9.59 Å². The van der Waals surface area contributed by atoms with E-state index in [4.69, 9.17) is 5.73 Å². The van der Waals surface area contributed by atoms with Crippen LogP contribution < -0.4 is 5.73 Å². The predicted octanol–water partition coefficient (Wildman–Crippen LogP) is 0.122. The standard InChI is InChI=1S/C8H14N2O2.C2H2/c1-2-7(11)10-5-3-4-6(10)8(9)12;1-2/h6H,2-5H2,1H3,(H2,9,12);1-2H/t6-;/m0./s1. The highest BCUT2D eigenvalue weighted by atomic mass is 16.2.